The Morgan fingerprint density at radius 1 is 0.929 bits per heavy atom. The van der Waals surface area contributed by atoms with E-state index in [-0.39, 0.29) is 5.91 Å². The summed E-state index contributed by atoms with van der Waals surface area (Å²) in [5, 5.41) is 0. The van der Waals surface area contributed by atoms with E-state index in [4.69, 9.17) is 0 Å². The fraction of sp³-hybridized carbons (Fsp3) is 0.632. The summed E-state index contributed by atoms with van der Waals surface area (Å²) in [6, 6.07) is 7.65. The minimum Gasteiger partial charge on any atom is -0.336 e. The predicted octanol–water partition coefficient (Wildman–Crippen LogP) is -0.00180. The van der Waals surface area contributed by atoms with Crippen molar-refractivity contribution in [3.05, 3.63) is 35.4 Å². The van der Waals surface area contributed by atoms with Gasteiger partial charge < -0.3 is 14.7 Å². The smallest absolute Gasteiger partial charge is 0.282 e. The van der Waals surface area contributed by atoms with Crippen molar-refractivity contribution in [2.45, 2.75) is 6.54 Å². The van der Waals surface area contributed by atoms with Gasteiger partial charge in [-0.05, 0) is 32.8 Å². The van der Waals surface area contributed by atoms with Gasteiger partial charge in [0.2, 0.25) is 0 Å². The summed E-state index contributed by atoms with van der Waals surface area (Å²) in [5.41, 5.74) is 1.69. The van der Waals surface area contributed by atoms with Crippen LogP contribution in [0.1, 0.15) is 15.9 Å². The Kier molecular flexibility index (Phi) is 6.72. The van der Waals surface area contributed by atoms with Crippen LogP contribution in [0.15, 0.2) is 24.3 Å². The van der Waals surface area contributed by atoms with E-state index in [9.17, 15) is 13.2 Å². The van der Waals surface area contributed by atoms with Crippen molar-refractivity contribution in [3.63, 3.8) is 0 Å². The lowest BCUT2D eigenvalue weighted by Gasteiger charge is -2.39. The summed E-state index contributed by atoms with van der Waals surface area (Å²) in [7, 11) is 2.50. The van der Waals surface area contributed by atoms with E-state index in [1.165, 1.54) is 4.31 Å². The molecule has 9 heteroatoms. The first-order valence-corrected chi connectivity index (χ1v) is 11.1. The second-order valence-corrected chi connectivity index (χ2v) is 9.72. The average molecular weight is 410 g/mol. The molecule has 1 amide bonds. The SMILES string of the molecule is CN(C)Cc1ccccc1C(=O)N1CCN(S(=O)(=O)N2CCN(C)CC2)CC1. The van der Waals surface area contributed by atoms with E-state index in [1.54, 1.807) is 9.21 Å². The molecule has 2 fully saturated rings. The third kappa shape index (κ3) is 4.72. The van der Waals surface area contributed by atoms with Gasteiger partial charge in [-0.2, -0.15) is 17.0 Å². The Morgan fingerprint density at radius 2 is 1.46 bits per heavy atom. The molecule has 28 heavy (non-hydrogen) atoms. The van der Waals surface area contributed by atoms with Gasteiger partial charge in [0.25, 0.3) is 16.1 Å². The minimum atomic E-state index is -3.45. The second-order valence-electron chi connectivity index (χ2n) is 7.80. The molecule has 0 aromatic heterocycles. The molecule has 2 aliphatic heterocycles. The van der Waals surface area contributed by atoms with E-state index in [1.807, 2.05) is 50.3 Å². The van der Waals surface area contributed by atoms with Crippen LogP contribution in [-0.2, 0) is 16.8 Å². The summed E-state index contributed by atoms with van der Waals surface area (Å²) >= 11 is 0. The van der Waals surface area contributed by atoms with Crippen LogP contribution in [0.2, 0.25) is 0 Å². The molecule has 0 spiro atoms. The standard InChI is InChI=1S/C19H31N5O3S/c1-20(2)16-17-6-4-5-7-18(17)19(25)22-10-14-24(15-11-22)28(26,27)23-12-8-21(3)9-13-23/h4-7H,8-16H2,1-3H3. The Morgan fingerprint density at radius 3 is 2.04 bits per heavy atom. The zero-order valence-corrected chi connectivity index (χ0v) is 17.9. The van der Waals surface area contributed by atoms with E-state index in [0.717, 1.165) is 18.7 Å². The highest BCUT2D eigenvalue weighted by Gasteiger charge is 2.35. The number of nitrogens with zero attached hydrogens (tertiary/aromatic N) is 5. The van der Waals surface area contributed by atoms with Gasteiger partial charge in [0, 0.05) is 64.5 Å². The summed E-state index contributed by atoms with van der Waals surface area (Å²) in [6.45, 7) is 4.77. The molecule has 1 aromatic rings. The Bertz CT molecular complexity index is 783. The molecule has 3 rings (SSSR count). The molecule has 156 valence electrons. The van der Waals surface area contributed by atoms with Crippen molar-refractivity contribution >= 4 is 16.1 Å². The van der Waals surface area contributed by atoms with Gasteiger partial charge in [-0.25, -0.2) is 0 Å². The normalized spacial score (nSPS) is 20.6. The molecule has 0 unspecified atom stereocenters. The van der Waals surface area contributed by atoms with E-state index in [0.29, 0.717) is 51.4 Å². The van der Waals surface area contributed by atoms with Gasteiger partial charge in [0.05, 0.1) is 0 Å². The fourth-order valence-corrected chi connectivity index (χ4v) is 5.26. The van der Waals surface area contributed by atoms with Crippen LogP contribution in [0.25, 0.3) is 0 Å². The maximum atomic E-state index is 13.0. The highest BCUT2D eigenvalue weighted by Crippen LogP contribution is 2.18. The summed E-state index contributed by atoms with van der Waals surface area (Å²) in [4.78, 5) is 19.0. The number of carbonyl (C=O) groups excluding carboxylic acids is 1. The number of hydrogen-bond donors (Lipinski definition) is 0. The quantitative estimate of drug-likeness (QED) is 0.685. The Balaban J connectivity index is 1.63. The van der Waals surface area contributed by atoms with Gasteiger partial charge in [-0.15, -0.1) is 0 Å². The number of rotatable bonds is 5. The van der Waals surface area contributed by atoms with Crippen LogP contribution >= 0.6 is 0 Å². The van der Waals surface area contributed by atoms with Crippen LogP contribution in [0.4, 0.5) is 0 Å². The zero-order chi connectivity index (χ0) is 20.3. The third-order valence-electron chi connectivity index (χ3n) is 5.38. The first-order chi connectivity index (χ1) is 13.3. The molecule has 2 aliphatic rings. The number of piperazine rings is 2. The largest absolute Gasteiger partial charge is 0.336 e. The molecular weight excluding hydrogens is 378 g/mol. The zero-order valence-electron chi connectivity index (χ0n) is 17.0. The average Bonchev–Trinajstić information content (AvgIpc) is 2.68. The highest BCUT2D eigenvalue weighted by molar-refractivity contribution is 7.86. The van der Waals surface area contributed by atoms with Crippen molar-refractivity contribution in [3.8, 4) is 0 Å². The lowest BCUT2D eigenvalue weighted by molar-refractivity contribution is 0.0690. The molecule has 0 radical (unpaired) electrons. The van der Waals surface area contributed by atoms with Crippen LogP contribution in [0, 0.1) is 0 Å². The van der Waals surface area contributed by atoms with Gasteiger partial charge in [-0.1, -0.05) is 18.2 Å². The van der Waals surface area contributed by atoms with Crippen LogP contribution in [0.5, 0.6) is 0 Å². The van der Waals surface area contributed by atoms with Crippen LogP contribution in [0.3, 0.4) is 0 Å². The van der Waals surface area contributed by atoms with Crippen molar-refractivity contribution in [1.82, 2.24) is 23.3 Å². The number of amides is 1. The molecule has 2 heterocycles. The number of benzene rings is 1. The minimum absolute atomic E-state index is 0.0194. The van der Waals surface area contributed by atoms with Crippen molar-refractivity contribution in [1.29, 1.82) is 0 Å². The molecule has 2 saturated heterocycles. The number of carbonyl (C=O) groups is 1. The number of likely N-dealkylation sites (N-methyl/N-ethyl adjacent to an activating group) is 1. The van der Waals surface area contributed by atoms with Crippen molar-refractivity contribution in [2.75, 3.05) is 73.5 Å². The van der Waals surface area contributed by atoms with E-state index < -0.39 is 10.2 Å². The molecule has 0 saturated carbocycles. The molecule has 0 N–H and O–H groups in total. The lowest BCUT2D eigenvalue weighted by atomic mass is 10.1. The van der Waals surface area contributed by atoms with Gasteiger partial charge in [0.1, 0.15) is 0 Å². The molecule has 8 nitrogen and oxygen atoms in total. The summed E-state index contributed by atoms with van der Waals surface area (Å²) in [5.74, 6) is -0.0194. The maximum Gasteiger partial charge on any atom is 0.282 e. The van der Waals surface area contributed by atoms with Crippen molar-refractivity contribution in [2.24, 2.45) is 0 Å². The monoisotopic (exact) mass is 409 g/mol. The highest BCUT2D eigenvalue weighted by atomic mass is 32.2. The summed E-state index contributed by atoms with van der Waals surface area (Å²) < 4.78 is 28.9. The van der Waals surface area contributed by atoms with Crippen LogP contribution < -0.4 is 0 Å². The molecule has 0 atom stereocenters. The van der Waals surface area contributed by atoms with Crippen LogP contribution in [-0.4, -0.2) is 111 Å². The topological polar surface area (TPSA) is 67.4 Å². The fourth-order valence-electron chi connectivity index (χ4n) is 3.68. The Labute approximate surface area is 168 Å². The summed E-state index contributed by atoms with van der Waals surface area (Å²) in [6.07, 6.45) is 0. The molecule has 0 aliphatic carbocycles. The van der Waals surface area contributed by atoms with Gasteiger partial charge in [-0.3, -0.25) is 4.79 Å². The van der Waals surface area contributed by atoms with E-state index >= 15 is 0 Å². The molecule has 1 aromatic carbocycles. The first-order valence-electron chi connectivity index (χ1n) is 9.74. The first kappa shape index (κ1) is 21.2. The van der Waals surface area contributed by atoms with E-state index in [2.05, 4.69) is 4.90 Å². The van der Waals surface area contributed by atoms with Gasteiger partial charge >= 0.3 is 0 Å². The third-order valence-corrected chi connectivity index (χ3v) is 7.41. The lowest BCUT2D eigenvalue weighted by Crippen LogP contribution is -2.57. The Hall–Kier alpha value is -1.52. The molecular formula is C19H31N5O3S. The second kappa shape index (κ2) is 8.87. The predicted molar refractivity (Wildman–Crippen MR) is 109 cm³/mol. The van der Waals surface area contributed by atoms with Gasteiger partial charge in [0.15, 0.2) is 0 Å². The molecule has 0 bridgehead atoms. The maximum absolute atomic E-state index is 13.0. The van der Waals surface area contributed by atoms with Crippen molar-refractivity contribution < 1.29 is 13.2 Å². The number of hydrogen-bond acceptors (Lipinski definition) is 5.